The van der Waals surface area contributed by atoms with Gasteiger partial charge in [0.25, 0.3) is 0 Å². The lowest BCUT2D eigenvalue weighted by atomic mass is 10.1. The van der Waals surface area contributed by atoms with E-state index in [4.69, 9.17) is 5.73 Å². The molecule has 2 aromatic carbocycles. The molecular formula is C17H15F2N5. The van der Waals surface area contributed by atoms with E-state index in [1.165, 1.54) is 5.56 Å². The summed E-state index contributed by atoms with van der Waals surface area (Å²) in [5, 5.41) is 14.6. The lowest BCUT2D eigenvalue weighted by Gasteiger charge is -2.01. The molecule has 7 heteroatoms. The van der Waals surface area contributed by atoms with E-state index in [2.05, 4.69) is 20.4 Å². The quantitative estimate of drug-likeness (QED) is 0.678. The number of aromatic amines is 1. The van der Waals surface area contributed by atoms with Gasteiger partial charge in [-0.2, -0.15) is 10.2 Å². The van der Waals surface area contributed by atoms with Gasteiger partial charge in [-0.3, -0.25) is 5.10 Å². The van der Waals surface area contributed by atoms with Gasteiger partial charge in [-0.15, -0.1) is 5.11 Å². The van der Waals surface area contributed by atoms with Gasteiger partial charge in [0.15, 0.2) is 11.5 Å². The SMILES string of the molecule is Nc1n[nH]c(CCc2ccccc2)c1N=Nc1cc(F)cc(F)c1. The number of aryl methyl sites for hydroxylation is 2. The van der Waals surface area contributed by atoms with Crippen LogP contribution in [-0.2, 0) is 12.8 Å². The van der Waals surface area contributed by atoms with Gasteiger partial charge in [0, 0.05) is 18.2 Å². The molecule has 122 valence electrons. The lowest BCUT2D eigenvalue weighted by molar-refractivity contribution is 0.583. The van der Waals surface area contributed by atoms with Gasteiger partial charge < -0.3 is 5.73 Å². The van der Waals surface area contributed by atoms with Crippen LogP contribution in [0.4, 0.5) is 26.0 Å². The highest BCUT2D eigenvalue weighted by atomic mass is 19.1. The largest absolute Gasteiger partial charge is 0.380 e. The zero-order valence-electron chi connectivity index (χ0n) is 12.7. The third-order valence-corrected chi connectivity index (χ3v) is 3.46. The van der Waals surface area contributed by atoms with Gasteiger partial charge >= 0.3 is 0 Å². The van der Waals surface area contributed by atoms with Crippen LogP contribution in [0.25, 0.3) is 0 Å². The fraction of sp³-hybridized carbons (Fsp3) is 0.118. The number of azo groups is 1. The molecule has 3 aromatic rings. The fourth-order valence-corrected chi connectivity index (χ4v) is 2.29. The van der Waals surface area contributed by atoms with Crippen LogP contribution in [-0.4, -0.2) is 10.2 Å². The van der Waals surface area contributed by atoms with Crippen molar-refractivity contribution >= 4 is 17.2 Å². The second kappa shape index (κ2) is 6.99. The first-order valence-electron chi connectivity index (χ1n) is 7.36. The van der Waals surface area contributed by atoms with Gasteiger partial charge in [-0.05, 0) is 18.4 Å². The molecule has 0 spiro atoms. The summed E-state index contributed by atoms with van der Waals surface area (Å²) in [5.41, 5.74) is 8.13. The molecule has 24 heavy (non-hydrogen) atoms. The van der Waals surface area contributed by atoms with E-state index < -0.39 is 11.6 Å². The van der Waals surface area contributed by atoms with Crippen LogP contribution in [0, 0.1) is 11.6 Å². The summed E-state index contributed by atoms with van der Waals surface area (Å²) >= 11 is 0. The van der Waals surface area contributed by atoms with Gasteiger partial charge in [-0.1, -0.05) is 30.3 Å². The number of benzene rings is 2. The number of H-pyrrole nitrogens is 1. The molecule has 0 saturated carbocycles. The molecule has 0 saturated heterocycles. The van der Waals surface area contributed by atoms with Crippen LogP contribution in [0.1, 0.15) is 11.3 Å². The summed E-state index contributed by atoms with van der Waals surface area (Å²) in [6.07, 6.45) is 1.42. The highest BCUT2D eigenvalue weighted by molar-refractivity contribution is 5.60. The molecule has 0 fully saturated rings. The minimum atomic E-state index is -0.714. The van der Waals surface area contributed by atoms with E-state index in [0.29, 0.717) is 12.1 Å². The average Bonchev–Trinajstić information content (AvgIpc) is 2.91. The molecule has 0 radical (unpaired) electrons. The van der Waals surface area contributed by atoms with Crippen molar-refractivity contribution in [1.29, 1.82) is 0 Å². The molecule has 5 nitrogen and oxygen atoms in total. The fourth-order valence-electron chi connectivity index (χ4n) is 2.29. The number of aromatic nitrogens is 2. The Labute approximate surface area is 137 Å². The predicted octanol–water partition coefficient (Wildman–Crippen LogP) is 4.47. The van der Waals surface area contributed by atoms with Gasteiger partial charge in [0.2, 0.25) is 0 Å². The molecule has 0 amide bonds. The predicted molar refractivity (Wildman–Crippen MR) is 87.4 cm³/mol. The van der Waals surface area contributed by atoms with Crippen molar-refractivity contribution in [3.05, 3.63) is 71.4 Å². The molecule has 0 aliphatic rings. The molecule has 0 aliphatic heterocycles. The third-order valence-electron chi connectivity index (χ3n) is 3.46. The summed E-state index contributed by atoms with van der Waals surface area (Å²) in [4.78, 5) is 0. The van der Waals surface area contributed by atoms with Crippen molar-refractivity contribution in [3.8, 4) is 0 Å². The highest BCUT2D eigenvalue weighted by Gasteiger charge is 2.11. The standard InChI is InChI=1S/C17H15F2N5/c18-12-8-13(19)10-14(9-12)21-23-16-15(22-24-17(16)20)7-6-11-4-2-1-3-5-11/h1-5,8-10H,6-7H2,(H3,20,22,24). The molecule has 1 heterocycles. The van der Waals surface area contributed by atoms with Crippen LogP contribution in [0.2, 0.25) is 0 Å². The minimum absolute atomic E-state index is 0.0714. The van der Waals surface area contributed by atoms with E-state index in [-0.39, 0.29) is 11.5 Å². The maximum Gasteiger partial charge on any atom is 0.173 e. The number of nitrogen functional groups attached to an aromatic ring is 1. The Balaban J connectivity index is 1.78. The molecule has 3 rings (SSSR count). The third kappa shape index (κ3) is 3.81. The zero-order valence-corrected chi connectivity index (χ0v) is 12.7. The minimum Gasteiger partial charge on any atom is -0.380 e. The molecule has 0 atom stereocenters. The number of nitrogens with two attached hydrogens (primary N) is 1. The van der Waals surface area contributed by atoms with Crippen LogP contribution >= 0.6 is 0 Å². The molecular weight excluding hydrogens is 312 g/mol. The van der Waals surface area contributed by atoms with E-state index in [0.717, 1.165) is 30.3 Å². The van der Waals surface area contributed by atoms with Crippen LogP contribution in [0.3, 0.4) is 0 Å². The number of hydrogen-bond donors (Lipinski definition) is 2. The number of anilines is 1. The first-order chi connectivity index (χ1) is 11.6. The van der Waals surface area contributed by atoms with Crippen LogP contribution in [0.5, 0.6) is 0 Å². The molecule has 0 aliphatic carbocycles. The van der Waals surface area contributed by atoms with Crippen molar-refractivity contribution in [2.24, 2.45) is 10.2 Å². The Morgan fingerprint density at radius 1 is 0.958 bits per heavy atom. The zero-order chi connectivity index (χ0) is 16.9. The molecule has 1 aromatic heterocycles. The van der Waals surface area contributed by atoms with E-state index in [1.54, 1.807) is 0 Å². The Morgan fingerprint density at radius 3 is 2.38 bits per heavy atom. The van der Waals surface area contributed by atoms with Crippen molar-refractivity contribution in [1.82, 2.24) is 10.2 Å². The number of rotatable bonds is 5. The topological polar surface area (TPSA) is 79.4 Å². The highest BCUT2D eigenvalue weighted by Crippen LogP contribution is 2.28. The van der Waals surface area contributed by atoms with Crippen LogP contribution in [0.15, 0.2) is 58.8 Å². The van der Waals surface area contributed by atoms with Crippen molar-refractivity contribution in [2.45, 2.75) is 12.8 Å². The van der Waals surface area contributed by atoms with Crippen molar-refractivity contribution < 1.29 is 8.78 Å². The Morgan fingerprint density at radius 2 is 1.67 bits per heavy atom. The Kier molecular flexibility index (Phi) is 4.60. The molecule has 0 bridgehead atoms. The molecule has 0 unspecified atom stereocenters. The number of nitrogens with zero attached hydrogens (tertiary/aromatic N) is 3. The molecule has 3 N–H and O–H groups in total. The number of halogens is 2. The van der Waals surface area contributed by atoms with E-state index in [9.17, 15) is 8.78 Å². The van der Waals surface area contributed by atoms with E-state index in [1.807, 2.05) is 30.3 Å². The Hall–Kier alpha value is -3.09. The number of nitrogens with one attached hydrogen (secondary N) is 1. The maximum absolute atomic E-state index is 13.2. The second-order valence-electron chi connectivity index (χ2n) is 5.25. The summed E-state index contributed by atoms with van der Waals surface area (Å²) in [6.45, 7) is 0. The van der Waals surface area contributed by atoms with Crippen molar-refractivity contribution in [2.75, 3.05) is 5.73 Å². The first kappa shape index (κ1) is 15.8. The van der Waals surface area contributed by atoms with E-state index >= 15 is 0 Å². The van der Waals surface area contributed by atoms with Gasteiger partial charge in [-0.25, -0.2) is 8.78 Å². The number of hydrogen-bond acceptors (Lipinski definition) is 4. The maximum atomic E-state index is 13.2. The second-order valence-corrected chi connectivity index (χ2v) is 5.25. The van der Waals surface area contributed by atoms with Crippen LogP contribution < -0.4 is 5.73 Å². The normalized spacial score (nSPS) is 11.2. The smallest absolute Gasteiger partial charge is 0.173 e. The lowest BCUT2D eigenvalue weighted by Crippen LogP contribution is -1.92. The van der Waals surface area contributed by atoms with Gasteiger partial charge in [0.05, 0.1) is 11.4 Å². The monoisotopic (exact) mass is 327 g/mol. The first-order valence-corrected chi connectivity index (χ1v) is 7.36. The van der Waals surface area contributed by atoms with Crippen molar-refractivity contribution in [3.63, 3.8) is 0 Å². The Bertz CT molecular complexity index is 838. The summed E-state index contributed by atoms with van der Waals surface area (Å²) in [5.74, 6) is -1.24. The van der Waals surface area contributed by atoms with Gasteiger partial charge in [0.1, 0.15) is 11.6 Å². The summed E-state index contributed by atoms with van der Waals surface area (Å²) in [6, 6.07) is 12.9. The average molecular weight is 327 g/mol. The summed E-state index contributed by atoms with van der Waals surface area (Å²) < 4.78 is 26.4. The summed E-state index contributed by atoms with van der Waals surface area (Å²) in [7, 11) is 0.